The fourth-order valence-corrected chi connectivity index (χ4v) is 3.12. The Bertz CT molecular complexity index is 699. The average Bonchev–Trinajstić information content (AvgIpc) is 2.96. The molecule has 0 amide bonds. The van der Waals surface area contributed by atoms with Gasteiger partial charge in [0.15, 0.2) is 5.96 Å². The Morgan fingerprint density at radius 1 is 1.19 bits per heavy atom. The molecule has 0 aliphatic carbocycles. The number of thiazole rings is 1. The molecule has 2 aromatic rings. The molecule has 0 saturated carbocycles. The van der Waals surface area contributed by atoms with Gasteiger partial charge in [-0.1, -0.05) is 0 Å². The number of rotatable bonds is 8. The van der Waals surface area contributed by atoms with Crippen molar-refractivity contribution < 1.29 is 9.47 Å². The van der Waals surface area contributed by atoms with Gasteiger partial charge in [-0.25, -0.2) is 9.98 Å². The second-order valence-corrected chi connectivity index (χ2v) is 7.22. The van der Waals surface area contributed by atoms with E-state index >= 15 is 0 Å². The first-order valence-electron chi connectivity index (χ1n) is 8.77. The number of benzene rings is 1. The molecule has 2 rings (SSSR count). The van der Waals surface area contributed by atoms with Gasteiger partial charge in [0.1, 0.15) is 22.6 Å². The predicted molar refractivity (Wildman–Crippen MR) is 123 cm³/mol. The molecule has 0 spiro atoms. The van der Waals surface area contributed by atoms with Crippen LogP contribution in [-0.4, -0.2) is 37.2 Å². The number of halogens is 1. The number of ether oxygens (including phenoxy) is 2. The van der Waals surface area contributed by atoms with Crippen molar-refractivity contribution >= 4 is 41.3 Å². The van der Waals surface area contributed by atoms with Crippen LogP contribution in [0, 0.1) is 13.8 Å². The number of hydrogen-bond donors (Lipinski definition) is 2. The quantitative estimate of drug-likeness (QED) is 0.324. The molecule has 6 nitrogen and oxygen atoms in total. The predicted octanol–water partition coefficient (Wildman–Crippen LogP) is 3.91. The van der Waals surface area contributed by atoms with Gasteiger partial charge >= 0.3 is 0 Å². The van der Waals surface area contributed by atoms with E-state index in [2.05, 4.69) is 27.5 Å². The monoisotopic (exact) mass is 504 g/mol. The smallest absolute Gasteiger partial charge is 0.191 e. The Labute approximate surface area is 182 Å². The van der Waals surface area contributed by atoms with E-state index in [9.17, 15) is 0 Å². The van der Waals surface area contributed by atoms with Crippen LogP contribution >= 0.6 is 35.3 Å². The first-order valence-corrected chi connectivity index (χ1v) is 9.59. The number of nitrogens with one attached hydrogen (secondary N) is 2. The van der Waals surface area contributed by atoms with Gasteiger partial charge in [-0.15, -0.1) is 35.3 Å². The molecule has 0 aliphatic rings. The summed E-state index contributed by atoms with van der Waals surface area (Å²) in [7, 11) is 1.65. The highest BCUT2D eigenvalue weighted by Gasteiger charge is 2.07. The first kappa shape index (κ1) is 23.5. The van der Waals surface area contributed by atoms with Gasteiger partial charge in [-0.2, -0.15) is 0 Å². The van der Waals surface area contributed by atoms with Crippen molar-refractivity contribution in [2.24, 2.45) is 4.99 Å². The van der Waals surface area contributed by atoms with Crippen molar-refractivity contribution in [2.75, 3.05) is 20.2 Å². The normalized spacial score (nSPS) is 12.1. The number of aryl methyl sites for hydroxylation is 2. The summed E-state index contributed by atoms with van der Waals surface area (Å²) in [5, 5.41) is 7.60. The van der Waals surface area contributed by atoms with E-state index in [-0.39, 0.29) is 30.1 Å². The van der Waals surface area contributed by atoms with Gasteiger partial charge in [0, 0.05) is 11.4 Å². The maximum Gasteiger partial charge on any atom is 0.191 e. The summed E-state index contributed by atoms with van der Waals surface area (Å²) >= 11 is 1.69. The third kappa shape index (κ3) is 7.92. The zero-order valence-electron chi connectivity index (χ0n) is 16.5. The van der Waals surface area contributed by atoms with E-state index in [4.69, 9.17) is 9.47 Å². The van der Waals surface area contributed by atoms with Crippen molar-refractivity contribution in [1.82, 2.24) is 15.6 Å². The highest BCUT2D eigenvalue weighted by atomic mass is 127. The molecular weight excluding hydrogens is 475 g/mol. The lowest BCUT2D eigenvalue weighted by atomic mass is 10.3. The van der Waals surface area contributed by atoms with Crippen molar-refractivity contribution in [3.8, 4) is 11.5 Å². The van der Waals surface area contributed by atoms with Crippen molar-refractivity contribution in [3.05, 3.63) is 39.8 Å². The van der Waals surface area contributed by atoms with Crippen LogP contribution in [0.2, 0.25) is 0 Å². The molecule has 0 bridgehead atoms. The molecule has 1 unspecified atom stereocenters. The lowest BCUT2D eigenvalue weighted by Gasteiger charge is -2.17. The lowest BCUT2D eigenvalue weighted by molar-refractivity contribution is 0.223. The average molecular weight is 504 g/mol. The zero-order chi connectivity index (χ0) is 18.9. The van der Waals surface area contributed by atoms with E-state index in [1.165, 1.54) is 4.88 Å². The van der Waals surface area contributed by atoms with E-state index < -0.39 is 0 Å². The lowest BCUT2D eigenvalue weighted by Crippen LogP contribution is -2.41. The molecule has 150 valence electrons. The van der Waals surface area contributed by atoms with Crippen LogP contribution in [0.5, 0.6) is 11.5 Å². The third-order valence-corrected chi connectivity index (χ3v) is 4.80. The Morgan fingerprint density at radius 3 is 2.41 bits per heavy atom. The molecular formula is C19H29IN4O2S. The first-order chi connectivity index (χ1) is 12.5. The van der Waals surface area contributed by atoms with Crippen molar-refractivity contribution in [3.63, 3.8) is 0 Å². The standard InChI is InChI=1S/C19H28N4O2S.HI/c1-6-20-19(22-12-18-23-14(3)15(4)26-18)21-11-13(2)25-17-9-7-16(24-5)8-10-17;/h7-10,13H,6,11-12H2,1-5H3,(H2,20,21,22);1H. The van der Waals surface area contributed by atoms with E-state index in [0.29, 0.717) is 13.1 Å². The number of hydrogen-bond acceptors (Lipinski definition) is 5. The van der Waals surface area contributed by atoms with Crippen molar-refractivity contribution in [1.29, 1.82) is 0 Å². The van der Waals surface area contributed by atoms with Crippen LogP contribution < -0.4 is 20.1 Å². The minimum Gasteiger partial charge on any atom is -0.497 e. The van der Waals surface area contributed by atoms with Gasteiger partial charge in [-0.05, 0) is 52.0 Å². The zero-order valence-corrected chi connectivity index (χ0v) is 19.7. The topological polar surface area (TPSA) is 67.8 Å². The summed E-state index contributed by atoms with van der Waals surface area (Å²) in [6.45, 7) is 10.2. The van der Waals surface area contributed by atoms with Crippen LogP contribution in [0.3, 0.4) is 0 Å². The molecule has 0 fully saturated rings. The fraction of sp³-hybridized carbons (Fsp3) is 0.474. The van der Waals surface area contributed by atoms with Crippen LogP contribution in [0.4, 0.5) is 0 Å². The number of guanidine groups is 1. The van der Waals surface area contributed by atoms with E-state index in [0.717, 1.165) is 34.7 Å². The Hall–Kier alpha value is -1.55. The highest BCUT2D eigenvalue weighted by molar-refractivity contribution is 14.0. The van der Waals surface area contributed by atoms with Crippen LogP contribution in [0.1, 0.15) is 29.4 Å². The summed E-state index contributed by atoms with van der Waals surface area (Å²) in [5.74, 6) is 2.40. The summed E-state index contributed by atoms with van der Waals surface area (Å²) in [6, 6.07) is 7.58. The molecule has 0 saturated heterocycles. The summed E-state index contributed by atoms with van der Waals surface area (Å²) in [4.78, 5) is 10.4. The number of nitrogens with zero attached hydrogens (tertiary/aromatic N) is 2. The van der Waals surface area contributed by atoms with E-state index in [1.807, 2.05) is 45.0 Å². The maximum absolute atomic E-state index is 5.91. The van der Waals surface area contributed by atoms with Crippen LogP contribution in [0.25, 0.3) is 0 Å². The fourth-order valence-electron chi connectivity index (χ4n) is 2.26. The second kappa shape index (κ2) is 12.0. The molecule has 0 aliphatic heterocycles. The van der Waals surface area contributed by atoms with E-state index in [1.54, 1.807) is 18.4 Å². The summed E-state index contributed by atoms with van der Waals surface area (Å²) in [5.41, 5.74) is 1.08. The molecule has 0 radical (unpaired) electrons. The van der Waals surface area contributed by atoms with Gasteiger partial charge in [0.05, 0.1) is 25.9 Å². The Morgan fingerprint density at radius 2 is 1.85 bits per heavy atom. The molecule has 8 heteroatoms. The van der Waals surface area contributed by atoms with Gasteiger partial charge < -0.3 is 20.1 Å². The number of aliphatic imine (C=N–C) groups is 1. The number of methoxy groups -OCH3 is 1. The molecule has 2 N–H and O–H groups in total. The van der Waals surface area contributed by atoms with Crippen LogP contribution in [0.15, 0.2) is 29.3 Å². The van der Waals surface area contributed by atoms with Gasteiger partial charge in [0.2, 0.25) is 0 Å². The number of aromatic nitrogens is 1. The minimum absolute atomic E-state index is 0. The third-order valence-electron chi connectivity index (χ3n) is 3.74. The molecule has 1 heterocycles. The molecule has 27 heavy (non-hydrogen) atoms. The van der Waals surface area contributed by atoms with Gasteiger partial charge in [-0.3, -0.25) is 0 Å². The minimum atomic E-state index is -0.00315. The van der Waals surface area contributed by atoms with Gasteiger partial charge in [0.25, 0.3) is 0 Å². The summed E-state index contributed by atoms with van der Waals surface area (Å²) in [6.07, 6.45) is -0.00315. The SMILES string of the molecule is CCNC(=NCc1nc(C)c(C)s1)NCC(C)Oc1ccc(OC)cc1.I. The molecule has 1 atom stereocenters. The molecule has 1 aromatic carbocycles. The summed E-state index contributed by atoms with van der Waals surface area (Å²) < 4.78 is 11.1. The maximum atomic E-state index is 5.91. The van der Waals surface area contributed by atoms with Crippen molar-refractivity contribution in [2.45, 2.75) is 40.3 Å². The Balaban J connectivity index is 0.00000364. The Kier molecular flexibility index (Phi) is 10.5. The highest BCUT2D eigenvalue weighted by Crippen LogP contribution is 2.18. The largest absolute Gasteiger partial charge is 0.497 e. The molecule has 1 aromatic heterocycles. The van der Waals surface area contributed by atoms with Crippen LogP contribution in [-0.2, 0) is 6.54 Å². The second-order valence-electron chi connectivity index (χ2n) is 5.93.